The molecule has 5 rings (SSSR count). The number of rotatable bonds is 2. The van der Waals surface area contributed by atoms with Crippen LogP contribution in [0.2, 0.25) is 0 Å². The highest BCUT2D eigenvalue weighted by Gasteiger charge is 2.35. The van der Waals surface area contributed by atoms with Gasteiger partial charge >= 0.3 is 11.7 Å². The van der Waals surface area contributed by atoms with E-state index in [1.54, 1.807) is 15.7 Å². The lowest BCUT2D eigenvalue weighted by Gasteiger charge is -2.41. The topological polar surface area (TPSA) is 119 Å². The summed E-state index contributed by atoms with van der Waals surface area (Å²) in [4.78, 5) is 50.8. The van der Waals surface area contributed by atoms with Crippen LogP contribution in [0.3, 0.4) is 0 Å². The van der Waals surface area contributed by atoms with Gasteiger partial charge in [-0.2, -0.15) is 4.91 Å². The van der Waals surface area contributed by atoms with Gasteiger partial charge in [0.05, 0.1) is 29.3 Å². The van der Waals surface area contributed by atoms with Crippen molar-refractivity contribution in [1.82, 2.24) is 29.3 Å². The molecule has 0 aromatic carbocycles. The van der Waals surface area contributed by atoms with Crippen molar-refractivity contribution in [2.24, 2.45) is 11.1 Å². The van der Waals surface area contributed by atoms with Gasteiger partial charge in [0.1, 0.15) is 5.65 Å². The number of aromatic amines is 2. The van der Waals surface area contributed by atoms with Gasteiger partial charge in [-0.05, 0) is 31.2 Å². The van der Waals surface area contributed by atoms with E-state index < -0.39 is 0 Å². The van der Waals surface area contributed by atoms with E-state index in [-0.39, 0.29) is 29.7 Å². The molecule has 2 atom stereocenters. The van der Waals surface area contributed by atoms with Crippen molar-refractivity contribution in [3.05, 3.63) is 33.9 Å². The van der Waals surface area contributed by atoms with Crippen molar-refractivity contribution in [3.63, 3.8) is 0 Å². The predicted molar refractivity (Wildman–Crippen MR) is 112 cm³/mol. The van der Waals surface area contributed by atoms with Crippen LogP contribution in [0.4, 0.5) is 4.79 Å². The minimum atomic E-state index is -0.189. The van der Waals surface area contributed by atoms with Gasteiger partial charge in [-0.3, -0.25) is 4.57 Å². The maximum absolute atomic E-state index is 13.1. The first-order chi connectivity index (χ1) is 14.6. The van der Waals surface area contributed by atoms with Crippen LogP contribution in [-0.2, 0) is 0 Å². The Kier molecular flexibility index (Phi) is 4.56. The maximum atomic E-state index is 13.1. The molecule has 0 bridgehead atoms. The maximum Gasteiger partial charge on any atom is 0.326 e. The Morgan fingerprint density at radius 2 is 1.97 bits per heavy atom. The van der Waals surface area contributed by atoms with Gasteiger partial charge in [0.2, 0.25) is 0 Å². The molecule has 2 saturated heterocycles. The Bertz CT molecular complexity index is 1150. The molecule has 0 unspecified atom stereocenters. The van der Waals surface area contributed by atoms with Crippen LogP contribution >= 0.6 is 0 Å². The lowest BCUT2D eigenvalue weighted by molar-refractivity contribution is 0.104. The van der Waals surface area contributed by atoms with Gasteiger partial charge in [-0.15, -0.1) is 0 Å². The number of fused-ring (bicyclic) bond motifs is 3. The Morgan fingerprint density at radius 1 is 1.20 bits per heavy atom. The zero-order valence-corrected chi connectivity index (χ0v) is 16.9. The number of carbonyl (C=O) groups excluding carboxylic acids is 1. The zero-order chi connectivity index (χ0) is 20.8. The number of piperidine rings is 2. The Balaban J connectivity index is 1.46. The third-order valence-corrected chi connectivity index (χ3v) is 6.66. The van der Waals surface area contributed by atoms with E-state index in [1.807, 2.05) is 17.2 Å². The number of aromatic nitrogens is 4. The van der Waals surface area contributed by atoms with Crippen molar-refractivity contribution in [2.45, 2.75) is 38.3 Å². The lowest BCUT2D eigenvalue weighted by atomic mass is 9.93. The van der Waals surface area contributed by atoms with Gasteiger partial charge in [-0.1, -0.05) is 12.1 Å². The highest BCUT2D eigenvalue weighted by Crippen LogP contribution is 2.32. The molecule has 0 aliphatic carbocycles. The fourth-order valence-corrected chi connectivity index (χ4v) is 4.86. The molecule has 3 aromatic heterocycles. The van der Waals surface area contributed by atoms with E-state index in [0.29, 0.717) is 44.5 Å². The molecule has 2 aliphatic heterocycles. The molecule has 0 saturated carbocycles. The minimum Gasteiger partial charge on any atom is -0.346 e. The molecule has 158 valence electrons. The van der Waals surface area contributed by atoms with Gasteiger partial charge in [0, 0.05) is 37.8 Å². The molecule has 10 nitrogen and oxygen atoms in total. The van der Waals surface area contributed by atoms with E-state index in [1.165, 1.54) is 0 Å². The number of pyridine rings is 1. The molecule has 2 aliphatic rings. The molecule has 2 fully saturated rings. The van der Waals surface area contributed by atoms with Crippen molar-refractivity contribution in [3.8, 4) is 0 Å². The number of amides is 2. The largest absolute Gasteiger partial charge is 0.346 e. The minimum absolute atomic E-state index is 0.0161. The number of urea groups is 1. The molecule has 2 N–H and O–H groups in total. The fourth-order valence-electron chi connectivity index (χ4n) is 4.86. The first-order valence-electron chi connectivity index (χ1n) is 10.5. The van der Waals surface area contributed by atoms with Crippen LogP contribution in [0, 0.1) is 10.8 Å². The second-order valence-electron chi connectivity index (χ2n) is 8.45. The van der Waals surface area contributed by atoms with Crippen LogP contribution in [0.25, 0.3) is 22.1 Å². The van der Waals surface area contributed by atoms with E-state index >= 15 is 0 Å². The van der Waals surface area contributed by atoms with Gasteiger partial charge in [0.15, 0.2) is 0 Å². The molecule has 3 aromatic rings. The van der Waals surface area contributed by atoms with Crippen molar-refractivity contribution < 1.29 is 4.79 Å². The SMILES string of the molecule is C[C@H]1CCN(C(=O)N2CCC(N=O)CC2)C[C@H]1n1c(=O)[nH]c2cnc3[nH]ccc3c21. The van der Waals surface area contributed by atoms with E-state index in [4.69, 9.17) is 0 Å². The number of nitrogens with one attached hydrogen (secondary N) is 2. The molecule has 10 heteroatoms. The van der Waals surface area contributed by atoms with Gasteiger partial charge < -0.3 is 19.8 Å². The summed E-state index contributed by atoms with van der Waals surface area (Å²) < 4.78 is 1.81. The monoisotopic (exact) mass is 411 g/mol. The number of imidazole rings is 1. The molecule has 5 heterocycles. The van der Waals surface area contributed by atoms with Gasteiger partial charge in [0.25, 0.3) is 0 Å². The number of likely N-dealkylation sites (tertiary alicyclic amines) is 2. The molecule has 0 radical (unpaired) electrons. The summed E-state index contributed by atoms with van der Waals surface area (Å²) in [5, 5.41) is 4.01. The zero-order valence-electron chi connectivity index (χ0n) is 16.9. The van der Waals surface area contributed by atoms with Gasteiger partial charge in [-0.25, -0.2) is 14.6 Å². The first-order valence-corrected chi connectivity index (χ1v) is 10.5. The molecule has 30 heavy (non-hydrogen) atoms. The van der Waals surface area contributed by atoms with Crippen LogP contribution in [-0.4, -0.2) is 67.6 Å². The second kappa shape index (κ2) is 7.26. The smallest absolute Gasteiger partial charge is 0.326 e. The van der Waals surface area contributed by atoms with E-state index in [0.717, 1.165) is 23.0 Å². The lowest BCUT2D eigenvalue weighted by Crippen LogP contribution is -2.52. The number of hydrogen-bond acceptors (Lipinski definition) is 5. The van der Waals surface area contributed by atoms with E-state index in [9.17, 15) is 14.5 Å². The first kappa shape index (κ1) is 18.8. The highest BCUT2D eigenvalue weighted by atomic mass is 16.3. The summed E-state index contributed by atoms with van der Waals surface area (Å²) in [7, 11) is 0. The normalized spacial score (nSPS) is 23.4. The number of nitroso groups, excluding NO2 is 1. The predicted octanol–water partition coefficient (Wildman–Crippen LogP) is 2.44. The van der Waals surface area contributed by atoms with Crippen molar-refractivity contribution >= 4 is 28.1 Å². The van der Waals surface area contributed by atoms with Crippen molar-refractivity contribution in [2.75, 3.05) is 26.2 Å². The fraction of sp³-hybridized carbons (Fsp3) is 0.550. The third kappa shape index (κ3) is 2.98. The number of nitrogens with zero attached hydrogens (tertiary/aromatic N) is 5. The van der Waals surface area contributed by atoms with Crippen LogP contribution in [0.5, 0.6) is 0 Å². The summed E-state index contributed by atoms with van der Waals surface area (Å²) in [6, 6.07) is 1.59. The van der Waals surface area contributed by atoms with E-state index in [2.05, 4.69) is 27.1 Å². The molecule has 2 amide bonds. The summed E-state index contributed by atoms with van der Waals surface area (Å²) in [5.74, 6) is 0.248. The summed E-state index contributed by atoms with van der Waals surface area (Å²) in [5.41, 5.74) is 2.09. The second-order valence-corrected chi connectivity index (χ2v) is 8.45. The number of hydrogen-bond donors (Lipinski definition) is 2. The summed E-state index contributed by atoms with van der Waals surface area (Å²) in [6.45, 7) is 4.38. The Morgan fingerprint density at radius 3 is 2.73 bits per heavy atom. The van der Waals surface area contributed by atoms with Crippen LogP contribution < -0.4 is 5.69 Å². The van der Waals surface area contributed by atoms with Crippen LogP contribution in [0.1, 0.15) is 32.2 Å². The summed E-state index contributed by atoms with van der Waals surface area (Å²) in [6.07, 6.45) is 5.54. The average Bonchev–Trinajstić information content (AvgIpc) is 3.37. The van der Waals surface area contributed by atoms with Crippen LogP contribution in [0.15, 0.2) is 28.4 Å². The molecular formula is C20H25N7O3. The number of H-pyrrole nitrogens is 2. The highest BCUT2D eigenvalue weighted by molar-refractivity contribution is 6.01. The Hall–Kier alpha value is -3.17. The molecule has 0 spiro atoms. The third-order valence-electron chi connectivity index (χ3n) is 6.66. The Labute approximate surface area is 172 Å². The standard InChI is InChI=1S/C20H25N7O3/c1-12-3-7-26(20(29)25-8-4-13(24-30)5-9-25)11-16(12)27-17-14-2-6-21-18(14)22-10-15(17)23-19(27)28/h2,6,10,12-13,16H,3-5,7-9,11H2,1H3,(H,21,22)(H,23,28)/t12-,16+/m0/s1. The summed E-state index contributed by atoms with van der Waals surface area (Å²) >= 11 is 0. The quantitative estimate of drug-likeness (QED) is 0.629. The number of carbonyl (C=O) groups is 1. The van der Waals surface area contributed by atoms with Crippen molar-refractivity contribution in [1.29, 1.82) is 0 Å². The average molecular weight is 411 g/mol. The molecular weight excluding hydrogens is 386 g/mol.